The Kier molecular flexibility index (Phi) is 15.4. The molecule has 0 fully saturated rings. The summed E-state index contributed by atoms with van der Waals surface area (Å²) >= 11 is 1.86. The molecular formula is C41H61N7S. The average Bonchev–Trinajstić information content (AvgIpc) is 3.06. The lowest BCUT2D eigenvalue weighted by molar-refractivity contribution is 0.811. The fraction of sp³-hybridized carbons (Fsp3) is 0.390. The minimum absolute atomic E-state index is 0. The minimum atomic E-state index is 0. The molecule has 49 heavy (non-hydrogen) atoms. The number of fused-ring (bicyclic) bond motifs is 2. The molecule has 0 spiro atoms. The van der Waals surface area contributed by atoms with Crippen LogP contribution in [0.25, 0.3) is 20.8 Å². The van der Waals surface area contributed by atoms with Crippen molar-refractivity contribution in [3.63, 3.8) is 0 Å². The Balaban J connectivity index is 0.000000281. The third-order valence-electron chi connectivity index (χ3n) is 8.56. The Morgan fingerprint density at radius 3 is 1.45 bits per heavy atom. The van der Waals surface area contributed by atoms with E-state index in [4.69, 9.17) is 16.5 Å². The van der Waals surface area contributed by atoms with Crippen LogP contribution in [-0.2, 0) is 25.7 Å². The third kappa shape index (κ3) is 10.3. The predicted octanol–water partition coefficient (Wildman–Crippen LogP) is 7.87. The van der Waals surface area contributed by atoms with E-state index >= 15 is 0 Å². The highest BCUT2D eigenvalue weighted by molar-refractivity contribution is 7.21. The summed E-state index contributed by atoms with van der Waals surface area (Å²) in [7, 11) is 16.5. The molecule has 0 bridgehead atoms. The molecule has 4 N–H and O–H groups in total. The van der Waals surface area contributed by atoms with Gasteiger partial charge in [0.05, 0.1) is 20.8 Å². The van der Waals surface area contributed by atoms with Crippen LogP contribution >= 0.6 is 11.3 Å². The van der Waals surface area contributed by atoms with Gasteiger partial charge in [-0.25, -0.2) is 9.56 Å². The van der Waals surface area contributed by atoms with Crippen molar-refractivity contribution < 1.29 is 0 Å². The van der Waals surface area contributed by atoms with E-state index < -0.39 is 0 Å². The molecule has 0 atom stereocenters. The highest BCUT2D eigenvalue weighted by Gasteiger charge is 2.16. The zero-order chi connectivity index (χ0) is 35.7. The Hall–Kier alpha value is -4.30. The zero-order valence-electron chi connectivity index (χ0n) is 32.4. The van der Waals surface area contributed by atoms with Gasteiger partial charge in [-0.15, -0.1) is 11.3 Å². The lowest BCUT2D eigenvalue weighted by atomic mass is 10.1. The van der Waals surface area contributed by atoms with Crippen molar-refractivity contribution in [2.75, 3.05) is 82.5 Å². The predicted molar refractivity (Wildman–Crippen MR) is 222 cm³/mol. The van der Waals surface area contributed by atoms with Gasteiger partial charge in [0.15, 0.2) is 0 Å². The highest BCUT2D eigenvalue weighted by atomic mass is 32.1. The summed E-state index contributed by atoms with van der Waals surface area (Å²) in [5.41, 5.74) is 24.4. The monoisotopic (exact) mass is 683 g/mol. The van der Waals surface area contributed by atoms with Gasteiger partial charge in [0.25, 0.3) is 0 Å². The summed E-state index contributed by atoms with van der Waals surface area (Å²) in [5.74, 6) is 0. The van der Waals surface area contributed by atoms with E-state index in [0.29, 0.717) is 0 Å². The molecule has 7 nitrogen and oxygen atoms in total. The quantitative estimate of drug-likeness (QED) is 0.0787. The van der Waals surface area contributed by atoms with Crippen LogP contribution in [0.3, 0.4) is 0 Å². The second kappa shape index (κ2) is 18.5. The van der Waals surface area contributed by atoms with Crippen LogP contribution in [0.4, 0.5) is 28.4 Å². The maximum atomic E-state index is 5.78. The molecule has 1 aliphatic heterocycles. The molecule has 0 amide bonds. The van der Waals surface area contributed by atoms with E-state index in [9.17, 15) is 0 Å². The molecule has 0 saturated carbocycles. The third-order valence-corrected chi connectivity index (χ3v) is 9.63. The van der Waals surface area contributed by atoms with Gasteiger partial charge in [0, 0.05) is 82.9 Å². The summed E-state index contributed by atoms with van der Waals surface area (Å²) < 4.78 is 3.44. The topological polar surface area (TPSA) is 77.7 Å². The molecule has 3 aromatic carbocycles. The van der Waals surface area contributed by atoms with Crippen molar-refractivity contribution >= 4 is 50.0 Å². The fourth-order valence-corrected chi connectivity index (χ4v) is 6.49. The van der Waals surface area contributed by atoms with Crippen molar-refractivity contribution in [1.82, 2.24) is 9.56 Å². The van der Waals surface area contributed by atoms with Crippen LogP contribution in [0.1, 0.15) is 49.9 Å². The second-order valence-corrected chi connectivity index (χ2v) is 14.0. The number of nitrogen functional groups attached to an aromatic ring is 2. The minimum Gasteiger partial charge on any atom is -0.399 e. The maximum absolute atomic E-state index is 5.78. The highest BCUT2D eigenvalue weighted by Crippen LogP contribution is 2.35. The largest absolute Gasteiger partial charge is 0.399 e. The number of hydrogen-bond acceptors (Lipinski definition) is 7. The fourth-order valence-electron chi connectivity index (χ4n) is 5.35. The van der Waals surface area contributed by atoms with E-state index in [1.165, 1.54) is 54.3 Å². The smallest absolute Gasteiger partial charge is 0.201 e. The number of aromatic nitrogens is 1. The van der Waals surface area contributed by atoms with E-state index in [0.717, 1.165) is 48.3 Å². The number of anilines is 5. The molecule has 266 valence electrons. The van der Waals surface area contributed by atoms with Crippen molar-refractivity contribution in [2.45, 2.75) is 53.4 Å². The van der Waals surface area contributed by atoms with Gasteiger partial charge in [0.1, 0.15) is 14.1 Å². The molecule has 0 unspecified atom stereocenters. The molecule has 2 aliphatic rings. The Bertz CT molecular complexity index is 1790. The first kappa shape index (κ1) is 40.9. The molecular weight excluding hydrogens is 623 g/mol. The number of nitrogens with two attached hydrogens (primary N) is 2. The molecule has 0 saturated heterocycles. The first-order valence-corrected chi connectivity index (χ1v) is 17.7. The molecule has 5 rings (SSSR count). The summed E-state index contributed by atoms with van der Waals surface area (Å²) in [5, 5.41) is 1.25. The van der Waals surface area contributed by atoms with E-state index in [1.54, 1.807) is 0 Å². The van der Waals surface area contributed by atoms with Gasteiger partial charge in [-0.3, -0.25) is 0 Å². The Morgan fingerprint density at radius 1 is 0.592 bits per heavy atom. The second-order valence-electron chi connectivity index (χ2n) is 12.9. The lowest BCUT2D eigenvalue weighted by Gasteiger charge is -2.17. The van der Waals surface area contributed by atoms with Gasteiger partial charge in [0.2, 0.25) is 5.36 Å². The van der Waals surface area contributed by atoms with Crippen LogP contribution in [0.2, 0.25) is 0 Å². The zero-order valence-corrected chi connectivity index (χ0v) is 33.2. The average molecular weight is 684 g/mol. The van der Waals surface area contributed by atoms with Crippen molar-refractivity contribution in [3.8, 4) is 10.6 Å². The molecule has 3 aromatic rings. The van der Waals surface area contributed by atoms with Crippen LogP contribution in [0.5, 0.6) is 0 Å². The van der Waals surface area contributed by atoms with Crippen LogP contribution in [0, 0.1) is 7.43 Å². The summed E-state index contributed by atoms with van der Waals surface area (Å²) in [6, 6.07) is 21.3. The number of nitrogens with zero attached hydrogens (tertiary/aromatic N) is 5. The van der Waals surface area contributed by atoms with Gasteiger partial charge >= 0.3 is 0 Å². The molecule has 0 radical (unpaired) electrons. The van der Waals surface area contributed by atoms with Gasteiger partial charge in [-0.2, -0.15) is 0 Å². The van der Waals surface area contributed by atoms with Gasteiger partial charge < -0.3 is 33.6 Å². The number of benzene rings is 4. The normalized spacial score (nSPS) is 10.4. The summed E-state index contributed by atoms with van der Waals surface area (Å²) in [6.07, 6.45) is 3.99. The first-order valence-electron chi connectivity index (χ1n) is 16.9. The summed E-state index contributed by atoms with van der Waals surface area (Å²) in [4.78, 5) is 12.7. The molecule has 0 aromatic heterocycles. The van der Waals surface area contributed by atoms with Crippen LogP contribution < -0.4 is 36.1 Å². The van der Waals surface area contributed by atoms with Crippen LogP contribution in [0.15, 0.2) is 60.7 Å². The van der Waals surface area contributed by atoms with E-state index in [2.05, 4.69) is 112 Å². The van der Waals surface area contributed by atoms with Gasteiger partial charge in [-0.05, 0) is 96.5 Å². The van der Waals surface area contributed by atoms with Crippen LogP contribution in [-0.4, -0.2) is 61.4 Å². The standard InChI is InChI=1S/C20H26N3S.2C10H16N2.CH3/c1-7-13-9-15(22(3)4)11-17-19(13)21-20-14(8-2)10-16(23(5)6)12-18(20)24-17;2*1-4-8-7-9(12(2)3)5-6-10(8)11;/h9-12H,7-8H2,1-6H3;2*5-7H,4,11H2,1-3H3;1H3/q+1;;;-1. The molecule has 1 aliphatic carbocycles. The van der Waals surface area contributed by atoms with Crippen molar-refractivity contribution in [1.29, 1.82) is 0 Å². The van der Waals surface area contributed by atoms with Crippen molar-refractivity contribution in [3.05, 3.63) is 95.7 Å². The Labute approximate surface area is 300 Å². The number of aryl methyl sites for hydroxylation is 4. The molecule has 1 heterocycles. The number of rotatable bonds is 7. The van der Waals surface area contributed by atoms with E-state index in [-0.39, 0.29) is 7.43 Å². The maximum Gasteiger partial charge on any atom is 0.201 e. The summed E-state index contributed by atoms with van der Waals surface area (Å²) in [6.45, 7) is 8.65. The van der Waals surface area contributed by atoms with Crippen molar-refractivity contribution in [2.24, 2.45) is 0 Å². The first-order chi connectivity index (χ1) is 22.7. The Morgan fingerprint density at radius 2 is 1.04 bits per heavy atom. The number of hydrogen-bond donors (Lipinski definition) is 2. The SMILES string of the molecule is CCc1cc(=[N+](C)C)cc2sc3cc(N(C)C)cc(CC)c3nc1-2.CCc1cc(N(C)C)ccc1N.CCc1cc(N(C)C)ccc1N.[CH3-]. The lowest BCUT2D eigenvalue weighted by Crippen LogP contribution is -2.22. The molecule has 8 heteroatoms. The van der Waals surface area contributed by atoms with Gasteiger partial charge in [-0.1, -0.05) is 27.7 Å². The van der Waals surface area contributed by atoms with E-state index in [1.807, 2.05) is 63.8 Å².